The van der Waals surface area contributed by atoms with Gasteiger partial charge in [-0.3, -0.25) is 4.98 Å². The molecule has 10 heteroatoms. The number of benzene rings is 1. The molecule has 4 heterocycles. The summed E-state index contributed by atoms with van der Waals surface area (Å²) in [5, 5.41) is 32.7. The fourth-order valence-corrected chi connectivity index (χ4v) is 7.03. The van der Waals surface area contributed by atoms with Gasteiger partial charge in [-0.05, 0) is 47.9 Å². The fraction of sp³-hybridized carbons (Fsp3) is 0.600. The number of pyridine rings is 1. The highest BCUT2D eigenvalue weighted by Gasteiger charge is 2.54. The van der Waals surface area contributed by atoms with Gasteiger partial charge in [-0.1, -0.05) is 19.9 Å². The van der Waals surface area contributed by atoms with Crippen LogP contribution in [-0.4, -0.2) is 41.6 Å². The molecule has 2 fully saturated rings. The summed E-state index contributed by atoms with van der Waals surface area (Å²) in [4.78, 5) is 5.07. The first-order valence-corrected chi connectivity index (χ1v) is 13.9. The lowest BCUT2D eigenvalue weighted by Gasteiger charge is -2.42. The summed E-state index contributed by atoms with van der Waals surface area (Å²) in [6, 6.07) is 5.28. The maximum absolute atomic E-state index is 13.6. The largest absolute Gasteiger partial charge is 0.417 e. The Hall–Kier alpha value is -2.55. The van der Waals surface area contributed by atoms with E-state index in [-0.39, 0.29) is 5.92 Å². The Kier molecular flexibility index (Phi) is 6.75. The van der Waals surface area contributed by atoms with Crippen molar-refractivity contribution in [3.8, 4) is 6.07 Å². The average molecular weight is 559 g/mol. The first kappa shape index (κ1) is 27.6. The highest BCUT2D eigenvalue weighted by molar-refractivity contribution is 5.56. The molecule has 1 aromatic heterocycles. The van der Waals surface area contributed by atoms with E-state index < -0.39 is 46.6 Å². The minimum Gasteiger partial charge on any atom is -0.388 e. The second kappa shape index (κ2) is 9.78. The van der Waals surface area contributed by atoms with Crippen LogP contribution in [0.1, 0.15) is 115 Å². The van der Waals surface area contributed by atoms with Gasteiger partial charge in [-0.25, -0.2) is 0 Å². The Morgan fingerprint density at radius 1 is 1.00 bits per heavy atom. The Labute approximate surface area is 230 Å². The van der Waals surface area contributed by atoms with E-state index in [1.165, 1.54) is 12.1 Å². The van der Waals surface area contributed by atoms with Gasteiger partial charge in [0.15, 0.2) is 0 Å². The van der Waals surface area contributed by atoms with Crippen molar-refractivity contribution >= 4 is 0 Å². The van der Waals surface area contributed by atoms with Crippen molar-refractivity contribution in [1.82, 2.24) is 4.98 Å². The lowest BCUT2D eigenvalue weighted by Crippen LogP contribution is -2.38. The third-order valence-corrected chi connectivity index (χ3v) is 9.13. The van der Waals surface area contributed by atoms with Crippen molar-refractivity contribution in [2.24, 2.45) is 5.41 Å². The first-order valence-electron chi connectivity index (χ1n) is 13.9. The number of aliphatic hydroxyl groups is 2. The summed E-state index contributed by atoms with van der Waals surface area (Å²) >= 11 is 0. The lowest BCUT2D eigenvalue weighted by molar-refractivity contribution is -0.138. The Morgan fingerprint density at radius 3 is 2.33 bits per heavy atom. The molecule has 6 rings (SSSR count). The molecule has 1 spiro atoms. The standard InChI is InChI=1S/C30H33F3N2O5/c1-28(2)14-20(36)21-23-22(24(35-25(21)27(28)37)16-5-9-38-10-6-16)26(40-29(23)7-11-39-12-8-29)17-3-4-19(30(31,32)33)18(13-17)15-34/h3-4,13,16,20,26-27,36-37H,5-12,14H2,1-2H3/t20?,26-,27+/m1/s1. The van der Waals surface area contributed by atoms with Crippen LogP contribution in [0, 0.1) is 16.7 Å². The lowest BCUT2D eigenvalue weighted by atomic mass is 9.68. The molecule has 40 heavy (non-hydrogen) atoms. The van der Waals surface area contributed by atoms with Crippen molar-refractivity contribution in [1.29, 1.82) is 5.26 Å². The number of rotatable bonds is 2. The molecule has 0 amide bonds. The van der Waals surface area contributed by atoms with Crippen molar-refractivity contribution in [3.05, 3.63) is 63.0 Å². The number of fused-ring (bicyclic) bond motifs is 4. The molecule has 1 aromatic carbocycles. The van der Waals surface area contributed by atoms with Gasteiger partial charge in [0, 0.05) is 56.3 Å². The van der Waals surface area contributed by atoms with Crippen LogP contribution in [-0.2, 0) is 26.0 Å². The molecular weight excluding hydrogens is 525 g/mol. The Balaban J connectivity index is 1.63. The fourth-order valence-electron chi connectivity index (χ4n) is 7.03. The summed E-state index contributed by atoms with van der Waals surface area (Å²) in [5.41, 5.74) is 0.739. The van der Waals surface area contributed by atoms with Gasteiger partial charge in [-0.15, -0.1) is 0 Å². The normalized spacial score (nSPS) is 27.7. The van der Waals surface area contributed by atoms with Gasteiger partial charge in [-0.2, -0.15) is 18.4 Å². The number of hydrogen-bond donors (Lipinski definition) is 2. The van der Waals surface area contributed by atoms with Gasteiger partial charge < -0.3 is 24.4 Å². The monoisotopic (exact) mass is 558 g/mol. The minimum absolute atomic E-state index is 0.0202. The van der Waals surface area contributed by atoms with E-state index in [1.807, 2.05) is 13.8 Å². The van der Waals surface area contributed by atoms with Crippen LogP contribution in [0.4, 0.5) is 13.2 Å². The summed E-state index contributed by atoms with van der Waals surface area (Å²) in [7, 11) is 0. The molecule has 1 unspecified atom stereocenters. The zero-order valence-electron chi connectivity index (χ0n) is 22.6. The van der Waals surface area contributed by atoms with Crippen LogP contribution in [0.3, 0.4) is 0 Å². The molecular formula is C30H33F3N2O5. The number of ether oxygens (including phenoxy) is 3. The summed E-state index contributed by atoms with van der Waals surface area (Å²) < 4.78 is 59.1. The Morgan fingerprint density at radius 2 is 1.68 bits per heavy atom. The molecule has 1 aliphatic carbocycles. The van der Waals surface area contributed by atoms with Gasteiger partial charge in [0.25, 0.3) is 0 Å². The number of alkyl halides is 3. The van der Waals surface area contributed by atoms with Crippen LogP contribution in [0.2, 0.25) is 0 Å². The smallest absolute Gasteiger partial charge is 0.388 e. The SMILES string of the molecule is CC1(C)CC(O)c2c(nc(C3CCOCC3)c3c2C2(CCOCC2)O[C@@H]3c2ccc(C(F)(F)F)c(C#N)c2)[C@@H]1O. The summed E-state index contributed by atoms with van der Waals surface area (Å²) in [6.45, 7) is 5.72. The van der Waals surface area contributed by atoms with Crippen molar-refractivity contribution < 1.29 is 37.6 Å². The van der Waals surface area contributed by atoms with Gasteiger partial charge in [0.05, 0.1) is 40.3 Å². The summed E-state index contributed by atoms with van der Waals surface area (Å²) in [6.07, 6.45) is -4.60. The van der Waals surface area contributed by atoms with Crippen molar-refractivity contribution in [3.63, 3.8) is 0 Å². The predicted molar refractivity (Wildman–Crippen MR) is 136 cm³/mol. The molecule has 2 aromatic rings. The van der Waals surface area contributed by atoms with E-state index in [0.29, 0.717) is 75.4 Å². The number of aliphatic hydroxyl groups excluding tert-OH is 2. The molecule has 0 saturated carbocycles. The van der Waals surface area contributed by atoms with Crippen molar-refractivity contribution in [2.75, 3.05) is 26.4 Å². The minimum atomic E-state index is -4.67. The molecule has 7 nitrogen and oxygen atoms in total. The van der Waals surface area contributed by atoms with E-state index in [1.54, 1.807) is 6.07 Å². The molecule has 2 N–H and O–H groups in total. The maximum atomic E-state index is 13.6. The van der Waals surface area contributed by atoms with E-state index in [2.05, 4.69) is 0 Å². The van der Waals surface area contributed by atoms with Crippen LogP contribution >= 0.6 is 0 Å². The van der Waals surface area contributed by atoms with E-state index >= 15 is 0 Å². The van der Waals surface area contributed by atoms with Gasteiger partial charge >= 0.3 is 6.18 Å². The first-order chi connectivity index (χ1) is 19.0. The van der Waals surface area contributed by atoms with Gasteiger partial charge in [0.2, 0.25) is 0 Å². The van der Waals surface area contributed by atoms with E-state index in [9.17, 15) is 28.6 Å². The number of hydrogen-bond acceptors (Lipinski definition) is 7. The quantitative estimate of drug-likeness (QED) is 0.502. The topological polar surface area (TPSA) is 105 Å². The number of aromatic nitrogens is 1. The molecule has 214 valence electrons. The maximum Gasteiger partial charge on any atom is 0.417 e. The van der Waals surface area contributed by atoms with Crippen LogP contribution in [0.5, 0.6) is 0 Å². The molecule has 3 atom stereocenters. The van der Waals surface area contributed by atoms with Crippen LogP contribution in [0.15, 0.2) is 18.2 Å². The predicted octanol–water partition coefficient (Wildman–Crippen LogP) is 5.49. The molecule has 4 aliphatic rings. The third-order valence-electron chi connectivity index (χ3n) is 9.13. The highest BCUT2D eigenvalue weighted by atomic mass is 19.4. The van der Waals surface area contributed by atoms with E-state index in [0.717, 1.165) is 22.9 Å². The molecule has 3 aliphatic heterocycles. The number of halogens is 3. The van der Waals surface area contributed by atoms with Gasteiger partial charge in [0.1, 0.15) is 12.2 Å². The summed E-state index contributed by atoms with van der Waals surface area (Å²) in [5.74, 6) is -0.0202. The Bertz CT molecular complexity index is 1360. The number of nitriles is 1. The molecule has 2 saturated heterocycles. The second-order valence-electron chi connectivity index (χ2n) is 12.1. The highest BCUT2D eigenvalue weighted by Crippen LogP contribution is 2.59. The third kappa shape index (κ3) is 4.34. The molecule has 0 bridgehead atoms. The number of nitrogens with zero attached hydrogens (tertiary/aromatic N) is 2. The zero-order chi connectivity index (χ0) is 28.4. The second-order valence-corrected chi connectivity index (χ2v) is 12.1. The zero-order valence-corrected chi connectivity index (χ0v) is 22.6. The molecule has 0 radical (unpaired) electrons. The van der Waals surface area contributed by atoms with E-state index in [4.69, 9.17) is 19.2 Å². The van der Waals surface area contributed by atoms with Crippen LogP contribution < -0.4 is 0 Å². The van der Waals surface area contributed by atoms with Crippen LogP contribution in [0.25, 0.3) is 0 Å². The average Bonchev–Trinajstić information content (AvgIpc) is 3.25. The van der Waals surface area contributed by atoms with Crippen molar-refractivity contribution in [2.45, 2.75) is 82.0 Å².